The zero-order valence-corrected chi connectivity index (χ0v) is 16.1. The lowest BCUT2D eigenvalue weighted by Gasteiger charge is -2.17. The van der Waals surface area contributed by atoms with Crippen molar-refractivity contribution < 1.29 is 14.3 Å². The predicted molar refractivity (Wildman–Crippen MR) is 109 cm³/mol. The summed E-state index contributed by atoms with van der Waals surface area (Å²) in [6, 6.07) is 14.5. The molecule has 1 aliphatic rings. The number of hydrogen-bond donors (Lipinski definition) is 3. The second-order valence-electron chi connectivity index (χ2n) is 7.04. The molecule has 0 spiro atoms. The Morgan fingerprint density at radius 1 is 1.21 bits per heavy atom. The molecule has 0 saturated carbocycles. The van der Waals surface area contributed by atoms with E-state index in [1.807, 2.05) is 24.3 Å². The third kappa shape index (κ3) is 4.89. The number of rotatable bonds is 8. The summed E-state index contributed by atoms with van der Waals surface area (Å²) < 4.78 is 5.72. The molecule has 0 radical (unpaired) electrons. The largest absolute Gasteiger partial charge is 0.480 e. The van der Waals surface area contributed by atoms with Crippen LogP contribution in [0.15, 0.2) is 48.5 Å². The number of hydrogen-bond acceptors (Lipinski definition) is 4. The number of fused-ring (bicyclic) bond motifs is 1. The van der Waals surface area contributed by atoms with Crippen molar-refractivity contribution in [3.05, 3.63) is 59.7 Å². The summed E-state index contributed by atoms with van der Waals surface area (Å²) in [5, 5.41) is 5.81. The maximum Gasteiger partial charge on any atom is 0.265 e. The fourth-order valence-corrected chi connectivity index (χ4v) is 3.26. The molecule has 148 valence electrons. The Morgan fingerprint density at radius 2 is 2.04 bits per heavy atom. The molecule has 28 heavy (non-hydrogen) atoms. The monoisotopic (exact) mass is 381 g/mol. The van der Waals surface area contributed by atoms with Gasteiger partial charge in [-0.3, -0.25) is 9.59 Å². The van der Waals surface area contributed by atoms with Crippen LogP contribution in [0.3, 0.4) is 0 Å². The van der Waals surface area contributed by atoms with Gasteiger partial charge >= 0.3 is 0 Å². The minimum atomic E-state index is -0.564. The summed E-state index contributed by atoms with van der Waals surface area (Å²) in [5.74, 6) is 0.333. The van der Waals surface area contributed by atoms with Crippen LogP contribution in [-0.2, 0) is 11.2 Å². The van der Waals surface area contributed by atoms with Crippen LogP contribution in [0.4, 0.5) is 5.69 Å². The molecule has 2 atom stereocenters. The van der Waals surface area contributed by atoms with Crippen LogP contribution in [0.1, 0.15) is 42.1 Å². The van der Waals surface area contributed by atoms with Crippen molar-refractivity contribution in [2.45, 2.75) is 44.8 Å². The number of nitrogens with one attached hydrogen (secondary N) is 2. The Balaban J connectivity index is 1.60. The molecule has 2 aromatic rings. The molecule has 2 unspecified atom stereocenters. The van der Waals surface area contributed by atoms with E-state index in [-0.39, 0.29) is 17.9 Å². The SMILES string of the molecule is CCCCC(CN)NC(=O)c1cccc(NC(=O)C2Cc3ccccc3O2)c1. The third-order valence-electron chi connectivity index (χ3n) is 4.86. The van der Waals surface area contributed by atoms with Crippen molar-refractivity contribution in [1.29, 1.82) is 0 Å². The summed E-state index contributed by atoms with van der Waals surface area (Å²) >= 11 is 0. The van der Waals surface area contributed by atoms with E-state index in [1.54, 1.807) is 24.3 Å². The highest BCUT2D eigenvalue weighted by Gasteiger charge is 2.28. The van der Waals surface area contributed by atoms with Gasteiger partial charge in [-0.1, -0.05) is 44.0 Å². The summed E-state index contributed by atoms with van der Waals surface area (Å²) in [7, 11) is 0. The number of amides is 2. The van der Waals surface area contributed by atoms with E-state index in [4.69, 9.17) is 10.5 Å². The minimum absolute atomic E-state index is 0.0453. The Bertz CT molecular complexity index is 812. The molecule has 0 bridgehead atoms. The van der Waals surface area contributed by atoms with Crippen molar-refractivity contribution in [2.24, 2.45) is 5.73 Å². The van der Waals surface area contributed by atoms with Crippen LogP contribution < -0.4 is 21.1 Å². The van der Waals surface area contributed by atoms with Crippen molar-refractivity contribution in [1.82, 2.24) is 5.32 Å². The van der Waals surface area contributed by atoms with Crippen LogP contribution in [0.2, 0.25) is 0 Å². The van der Waals surface area contributed by atoms with Crippen LogP contribution in [-0.4, -0.2) is 30.5 Å². The number of benzene rings is 2. The smallest absolute Gasteiger partial charge is 0.265 e. The quantitative estimate of drug-likeness (QED) is 0.655. The molecule has 0 saturated heterocycles. The molecule has 0 fully saturated rings. The first-order valence-electron chi connectivity index (χ1n) is 9.77. The van der Waals surface area contributed by atoms with Crippen LogP contribution >= 0.6 is 0 Å². The summed E-state index contributed by atoms with van der Waals surface area (Å²) in [4.78, 5) is 25.1. The van der Waals surface area contributed by atoms with E-state index < -0.39 is 6.10 Å². The van der Waals surface area contributed by atoms with Crippen LogP contribution in [0.25, 0.3) is 0 Å². The van der Waals surface area contributed by atoms with E-state index >= 15 is 0 Å². The average molecular weight is 381 g/mol. The number of unbranched alkanes of at least 4 members (excludes halogenated alkanes) is 1. The maximum atomic E-state index is 12.6. The van der Waals surface area contributed by atoms with Gasteiger partial charge in [0.1, 0.15) is 5.75 Å². The normalized spacial score (nSPS) is 16.0. The first-order valence-corrected chi connectivity index (χ1v) is 9.77. The highest BCUT2D eigenvalue weighted by Crippen LogP contribution is 2.28. The van der Waals surface area contributed by atoms with E-state index in [0.717, 1.165) is 30.6 Å². The molecular weight excluding hydrogens is 354 g/mol. The molecule has 2 amide bonds. The van der Waals surface area contributed by atoms with Crippen molar-refractivity contribution in [2.75, 3.05) is 11.9 Å². The molecule has 4 N–H and O–H groups in total. The fraction of sp³-hybridized carbons (Fsp3) is 0.364. The Kier molecular flexibility index (Phi) is 6.66. The molecule has 0 aliphatic carbocycles. The lowest BCUT2D eigenvalue weighted by Crippen LogP contribution is -2.40. The van der Waals surface area contributed by atoms with Gasteiger partial charge in [0.25, 0.3) is 11.8 Å². The highest BCUT2D eigenvalue weighted by molar-refractivity contribution is 5.98. The summed E-state index contributed by atoms with van der Waals surface area (Å²) in [6.07, 6.45) is 2.90. The predicted octanol–water partition coefficient (Wildman–Crippen LogP) is 2.88. The summed E-state index contributed by atoms with van der Waals surface area (Å²) in [5.41, 5.74) is 7.83. The van der Waals surface area contributed by atoms with E-state index in [0.29, 0.717) is 24.2 Å². The van der Waals surface area contributed by atoms with Crippen LogP contribution in [0.5, 0.6) is 5.75 Å². The molecule has 0 aromatic heterocycles. The fourth-order valence-electron chi connectivity index (χ4n) is 3.26. The first kappa shape index (κ1) is 19.9. The van der Waals surface area contributed by atoms with Crippen molar-refractivity contribution in [3.8, 4) is 5.75 Å². The number of para-hydroxylation sites is 1. The Hall–Kier alpha value is -2.86. The Morgan fingerprint density at radius 3 is 2.79 bits per heavy atom. The zero-order valence-electron chi connectivity index (χ0n) is 16.1. The van der Waals surface area contributed by atoms with E-state index in [2.05, 4.69) is 17.6 Å². The van der Waals surface area contributed by atoms with Crippen molar-refractivity contribution in [3.63, 3.8) is 0 Å². The van der Waals surface area contributed by atoms with E-state index in [1.165, 1.54) is 0 Å². The second kappa shape index (κ2) is 9.37. The Labute approximate surface area is 165 Å². The van der Waals surface area contributed by atoms with Gasteiger partial charge in [0.05, 0.1) is 0 Å². The maximum absolute atomic E-state index is 12.6. The van der Waals surface area contributed by atoms with E-state index in [9.17, 15) is 9.59 Å². The topological polar surface area (TPSA) is 93.5 Å². The van der Waals surface area contributed by atoms with Gasteiger partial charge in [-0.15, -0.1) is 0 Å². The number of anilines is 1. The van der Waals surface area contributed by atoms with Gasteiger partial charge in [-0.05, 0) is 36.2 Å². The lowest BCUT2D eigenvalue weighted by atomic mass is 10.1. The lowest BCUT2D eigenvalue weighted by molar-refractivity contribution is -0.122. The van der Waals surface area contributed by atoms with Gasteiger partial charge in [-0.2, -0.15) is 0 Å². The molecule has 6 nitrogen and oxygen atoms in total. The summed E-state index contributed by atoms with van der Waals surface area (Å²) in [6.45, 7) is 2.51. The van der Waals surface area contributed by atoms with Gasteiger partial charge in [0.2, 0.25) is 0 Å². The van der Waals surface area contributed by atoms with Gasteiger partial charge < -0.3 is 21.1 Å². The van der Waals surface area contributed by atoms with Gasteiger partial charge in [0.15, 0.2) is 6.10 Å². The third-order valence-corrected chi connectivity index (χ3v) is 4.86. The average Bonchev–Trinajstić information content (AvgIpc) is 3.15. The number of carbonyl (C=O) groups excluding carboxylic acids is 2. The number of carbonyl (C=O) groups is 2. The molecule has 2 aromatic carbocycles. The number of nitrogens with two attached hydrogens (primary N) is 1. The highest BCUT2D eigenvalue weighted by atomic mass is 16.5. The van der Waals surface area contributed by atoms with Gasteiger partial charge in [-0.25, -0.2) is 0 Å². The van der Waals surface area contributed by atoms with Gasteiger partial charge in [0, 0.05) is 30.3 Å². The second-order valence-corrected chi connectivity index (χ2v) is 7.04. The van der Waals surface area contributed by atoms with Crippen molar-refractivity contribution >= 4 is 17.5 Å². The molecule has 6 heteroatoms. The molecule has 3 rings (SSSR count). The zero-order chi connectivity index (χ0) is 19.9. The number of ether oxygens (including phenoxy) is 1. The molecular formula is C22H27N3O3. The standard InChI is InChI=1S/C22H27N3O3/c1-2-3-9-18(14-23)25-21(26)16-8-6-10-17(12-16)24-22(27)20-13-15-7-4-5-11-19(15)28-20/h4-8,10-12,18,20H,2-3,9,13-14,23H2,1H3,(H,24,27)(H,25,26). The molecule has 1 aliphatic heterocycles. The first-order chi connectivity index (χ1) is 13.6. The minimum Gasteiger partial charge on any atom is -0.480 e. The van der Waals surface area contributed by atoms with Crippen LogP contribution in [0, 0.1) is 0 Å². The molecule has 1 heterocycles.